The number of carbonyl (C=O) groups excluding carboxylic acids is 2. The molecule has 0 radical (unpaired) electrons. The van der Waals surface area contributed by atoms with Gasteiger partial charge in [-0.15, -0.1) is 0 Å². The van der Waals surface area contributed by atoms with Crippen molar-refractivity contribution in [3.05, 3.63) is 12.2 Å². The van der Waals surface area contributed by atoms with E-state index in [0.717, 1.165) is 13.2 Å². The minimum absolute atomic E-state index is 0.209. The molecule has 0 aromatic heterocycles. The van der Waals surface area contributed by atoms with Crippen LogP contribution in [-0.2, 0) is 14.3 Å². The van der Waals surface area contributed by atoms with E-state index in [1.165, 1.54) is 6.08 Å². The molecule has 1 aliphatic rings. The fraction of sp³-hybridized carbons (Fsp3) is 0.429. The molecule has 0 aromatic carbocycles. The molecule has 1 aliphatic carbocycles. The summed E-state index contributed by atoms with van der Waals surface area (Å²) in [6, 6.07) is 0. The van der Waals surface area contributed by atoms with Gasteiger partial charge in [0.1, 0.15) is 0 Å². The van der Waals surface area contributed by atoms with Crippen molar-refractivity contribution in [3.63, 3.8) is 0 Å². The number of hydrogen-bond acceptors (Lipinski definition) is 4. The zero-order chi connectivity index (χ0) is 8.48. The first-order chi connectivity index (χ1) is 5.08. The van der Waals surface area contributed by atoms with Gasteiger partial charge in [0, 0.05) is 0 Å². The number of rotatable bonds is 1. The maximum Gasteiger partial charge on any atom is 0.342 e. The van der Waals surface area contributed by atoms with Crippen molar-refractivity contribution in [3.8, 4) is 0 Å². The van der Waals surface area contributed by atoms with Crippen LogP contribution in [0.15, 0.2) is 12.2 Å². The fourth-order valence-corrected chi connectivity index (χ4v) is 0.931. The van der Waals surface area contributed by atoms with Crippen molar-refractivity contribution in [2.24, 2.45) is 0 Å². The molecular weight excluding hydrogens is 148 g/mol. The number of allylic oxidation sites excluding steroid dienone is 1. The van der Waals surface area contributed by atoms with Gasteiger partial charge in [0.05, 0.1) is 13.5 Å². The molecule has 0 aromatic rings. The first kappa shape index (κ1) is 7.94. The molecule has 1 rings (SSSR count). The van der Waals surface area contributed by atoms with Crippen LogP contribution in [0, 0.1) is 0 Å². The van der Waals surface area contributed by atoms with Crippen LogP contribution in [0.3, 0.4) is 0 Å². The van der Waals surface area contributed by atoms with Crippen LogP contribution in [0.4, 0.5) is 0 Å². The first-order valence-corrected chi connectivity index (χ1v) is 3.11. The van der Waals surface area contributed by atoms with E-state index in [1.54, 1.807) is 0 Å². The SMILES string of the molecule is COC(=O)C1(O)C=CC(=O)C1. The smallest absolute Gasteiger partial charge is 0.342 e. The van der Waals surface area contributed by atoms with Crippen molar-refractivity contribution in [2.75, 3.05) is 7.11 Å². The Morgan fingerprint density at radius 3 is 2.82 bits per heavy atom. The highest BCUT2D eigenvalue weighted by molar-refractivity contribution is 6.00. The molecular formula is C7H8O4. The molecule has 0 amide bonds. The third-order valence-electron chi connectivity index (χ3n) is 1.53. The van der Waals surface area contributed by atoms with Gasteiger partial charge < -0.3 is 9.84 Å². The zero-order valence-electron chi connectivity index (χ0n) is 6.03. The standard InChI is InChI=1S/C7H8O4/c1-11-6(9)7(10)3-2-5(8)4-7/h2-3,10H,4H2,1H3. The Hall–Kier alpha value is -1.16. The van der Waals surface area contributed by atoms with Crippen LogP contribution < -0.4 is 0 Å². The minimum Gasteiger partial charge on any atom is -0.467 e. The third-order valence-corrected chi connectivity index (χ3v) is 1.53. The van der Waals surface area contributed by atoms with Crippen molar-refractivity contribution >= 4 is 11.8 Å². The van der Waals surface area contributed by atoms with Crippen molar-refractivity contribution in [1.29, 1.82) is 0 Å². The van der Waals surface area contributed by atoms with Gasteiger partial charge in [-0.1, -0.05) is 0 Å². The second kappa shape index (κ2) is 2.47. The number of methoxy groups -OCH3 is 1. The van der Waals surface area contributed by atoms with Crippen LogP contribution in [0.5, 0.6) is 0 Å². The lowest BCUT2D eigenvalue weighted by Crippen LogP contribution is -2.36. The third kappa shape index (κ3) is 1.30. The molecule has 0 bridgehead atoms. The van der Waals surface area contributed by atoms with Gasteiger partial charge in [0.2, 0.25) is 0 Å². The van der Waals surface area contributed by atoms with E-state index in [-0.39, 0.29) is 12.2 Å². The number of aliphatic hydroxyl groups is 1. The monoisotopic (exact) mass is 156 g/mol. The van der Waals surface area contributed by atoms with Gasteiger partial charge in [-0.2, -0.15) is 0 Å². The van der Waals surface area contributed by atoms with Gasteiger partial charge >= 0.3 is 5.97 Å². The van der Waals surface area contributed by atoms with E-state index in [0.29, 0.717) is 0 Å². The average molecular weight is 156 g/mol. The molecule has 0 heterocycles. The maximum atomic E-state index is 10.8. The second-order valence-electron chi connectivity index (χ2n) is 2.39. The Balaban J connectivity index is 2.78. The van der Waals surface area contributed by atoms with Crippen LogP contribution in [-0.4, -0.2) is 29.6 Å². The molecule has 0 spiro atoms. The Bertz CT molecular complexity index is 231. The Morgan fingerprint density at radius 1 is 1.82 bits per heavy atom. The number of esters is 1. The molecule has 4 heteroatoms. The summed E-state index contributed by atoms with van der Waals surface area (Å²) >= 11 is 0. The molecule has 0 saturated carbocycles. The van der Waals surface area contributed by atoms with E-state index in [1.807, 2.05) is 0 Å². The largest absolute Gasteiger partial charge is 0.467 e. The summed E-state index contributed by atoms with van der Waals surface area (Å²) in [5.41, 5.74) is -1.72. The summed E-state index contributed by atoms with van der Waals surface area (Å²) < 4.78 is 4.29. The first-order valence-electron chi connectivity index (χ1n) is 3.11. The van der Waals surface area contributed by atoms with Gasteiger partial charge in [0.15, 0.2) is 11.4 Å². The Labute approximate surface area is 63.5 Å². The number of ether oxygens (including phenoxy) is 1. The summed E-state index contributed by atoms with van der Waals surface area (Å²) in [4.78, 5) is 21.4. The van der Waals surface area contributed by atoms with Crippen LogP contribution >= 0.6 is 0 Å². The van der Waals surface area contributed by atoms with Crippen LogP contribution in [0.25, 0.3) is 0 Å². The molecule has 1 atom stereocenters. The fourth-order valence-electron chi connectivity index (χ4n) is 0.931. The summed E-state index contributed by atoms with van der Waals surface area (Å²) in [7, 11) is 1.16. The van der Waals surface area contributed by atoms with Crippen molar-refractivity contribution in [1.82, 2.24) is 0 Å². The van der Waals surface area contributed by atoms with Gasteiger partial charge in [0.25, 0.3) is 0 Å². The number of carbonyl (C=O) groups is 2. The van der Waals surface area contributed by atoms with Crippen LogP contribution in [0.1, 0.15) is 6.42 Å². The topological polar surface area (TPSA) is 63.6 Å². The lowest BCUT2D eigenvalue weighted by atomic mass is 10.0. The predicted octanol–water partition coefficient (Wildman–Crippen LogP) is -0.581. The molecule has 0 fully saturated rings. The lowest BCUT2D eigenvalue weighted by molar-refractivity contribution is -0.158. The second-order valence-corrected chi connectivity index (χ2v) is 2.39. The number of hydrogen-bond donors (Lipinski definition) is 1. The normalized spacial score (nSPS) is 29.1. The highest BCUT2D eigenvalue weighted by atomic mass is 16.5. The van der Waals surface area contributed by atoms with E-state index >= 15 is 0 Å². The molecule has 60 valence electrons. The summed E-state index contributed by atoms with van der Waals surface area (Å²) in [6.45, 7) is 0. The average Bonchev–Trinajstić information content (AvgIpc) is 2.31. The highest BCUT2D eigenvalue weighted by Crippen LogP contribution is 2.20. The molecule has 0 saturated heterocycles. The van der Waals surface area contributed by atoms with E-state index in [2.05, 4.69) is 4.74 Å². The maximum absolute atomic E-state index is 10.8. The van der Waals surface area contributed by atoms with Gasteiger partial charge in [-0.25, -0.2) is 4.79 Å². The summed E-state index contributed by atoms with van der Waals surface area (Å²) in [5, 5.41) is 9.35. The lowest BCUT2D eigenvalue weighted by Gasteiger charge is -2.14. The highest BCUT2D eigenvalue weighted by Gasteiger charge is 2.39. The van der Waals surface area contributed by atoms with Crippen LogP contribution in [0.2, 0.25) is 0 Å². The van der Waals surface area contributed by atoms with Crippen molar-refractivity contribution < 1.29 is 19.4 Å². The van der Waals surface area contributed by atoms with Crippen molar-refractivity contribution in [2.45, 2.75) is 12.0 Å². The molecule has 0 aliphatic heterocycles. The summed E-state index contributed by atoms with van der Waals surface area (Å²) in [6.07, 6.45) is 2.12. The van der Waals surface area contributed by atoms with E-state index in [9.17, 15) is 14.7 Å². The minimum atomic E-state index is -1.72. The molecule has 1 unspecified atom stereocenters. The predicted molar refractivity (Wildman–Crippen MR) is 35.7 cm³/mol. The summed E-state index contributed by atoms with van der Waals surface area (Å²) in [5.74, 6) is -1.06. The van der Waals surface area contributed by atoms with Gasteiger partial charge in [-0.05, 0) is 12.2 Å². The molecule has 4 nitrogen and oxygen atoms in total. The quantitative estimate of drug-likeness (QED) is 0.516. The number of ketones is 1. The zero-order valence-corrected chi connectivity index (χ0v) is 6.03. The Morgan fingerprint density at radius 2 is 2.45 bits per heavy atom. The van der Waals surface area contributed by atoms with E-state index in [4.69, 9.17) is 0 Å². The molecule has 11 heavy (non-hydrogen) atoms. The molecule has 1 N–H and O–H groups in total. The Kier molecular flexibility index (Phi) is 1.78. The van der Waals surface area contributed by atoms with Gasteiger partial charge in [-0.3, -0.25) is 4.79 Å². The van der Waals surface area contributed by atoms with E-state index < -0.39 is 11.6 Å².